The number of aliphatic imine (C=N–C) groups is 1. The molecule has 0 radical (unpaired) electrons. The molecule has 2 fully saturated rings. The fourth-order valence-electron chi connectivity index (χ4n) is 4.02. The largest absolute Gasteiger partial charge is 0.379 e. The fourth-order valence-corrected chi connectivity index (χ4v) is 4.82. The lowest BCUT2D eigenvalue weighted by molar-refractivity contribution is 0.0341. The van der Waals surface area contributed by atoms with Crippen LogP contribution < -0.4 is 10.2 Å². The standard InChI is InChI=1S/C22H33N7OS/c1-3-20-25-22(31-26-20)29-10-8-28(9-11-29)21(23-2)24-16-18-6-4-5-7-19(18)17-27-12-14-30-15-13-27/h4-7H,3,8-17H2,1-2H3,(H,23,24). The average Bonchev–Trinajstić information content (AvgIpc) is 3.31. The van der Waals surface area contributed by atoms with Gasteiger partial charge in [0.05, 0.1) is 13.2 Å². The van der Waals surface area contributed by atoms with E-state index in [0.717, 1.165) is 88.9 Å². The van der Waals surface area contributed by atoms with E-state index < -0.39 is 0 Å². The smallest absolute Gasteiger partial charge is 0.205 e. The number of nitrogens with one attached hydrogen (secondary N) is 1. The zero-order valence-corrected chi connectivity index (χ0v) is 19.4. The summed E-state index contributed by atoms with van der Waals surface area (Å²) >= 11 is 1.51. The quantitative estimate of drug-likeness (QED) is 0.540. The van der Waals surface area contributed by atoms with Crippen LogP contribution in [0.15, 0.2) is 29.3 Å². The fraction of sp³-hybridized carbons (Fsp3) is 0.591. The summed E-state index contributed by atoms with van der Waals surface area (Å²) < 4.78 is 9.91. The van der Waals surface area contributed by atoms with Crippen molar-refractivity contribution in [3.8, 4) is 0 Å². The second-order valence-corrected chi connectivity index (χ2v) is 8.61. The van der Waals surface area contributed by atoms with E-state index in [2.05, 4.69) is 65.6 Å². The van der Waals surface area contributed by atoms with Crippen LogP contribution >= 0.6 is 11.5 Å². The molecule has 2 aromatic rings. The van der Waals surface area contributed by atoms with Crippen molar-refractivity contribution in [1.29, 1.82) is 0 Å². The lowest BCUT2D eigenvalue weighted by Crippen LogP contribution is -2.52. The van der Waals surface area contributed by atoms with Gasteiger partial charge in [0.2, 0.25) is 5.13 Å². The molecule has 1 N–H and O–H groups in total. The first-order chi connectivity index (χ1) is 15.3. The maximum Gasteiger partial charge on any atom is 0.205 e. The molecule has 0 bridgehead atoms. The highest BCUT2D eigenvalue weighted by Gasteiger charge is 2.22. The third-order valence-corrected chi connectivity index (χ3v) is 6.70. The van der Waals surface area contributed by atoms with Crippen LogP contribution in [-0.2, 0) is 24.2 Å². The predicted molar refractivity (Wildman–Crippen MR) is 126 cm³/mol. The number of benzene rings is 1. The Balaban J connectivity index is 1.31. The summed E-state index contributed by atoms with van der Waals surface area (Å²) in [6, 6.07) is 8.70. The number of ether oxygens (including phenoxy) is 1. The van der Waals surface area contributed by atoms with E-state index in [4.69, 9.17) is 4.74 Å². The Morgan fingerprint density at radius 3 is 2.52 bits per heavy atom. The molecule has 0 atom stereocenters. The van der Waals surface area contributed by atoms with Gasteiger partial charge in [-0.05, 0) is 11.1 Å². The summed E-state index contributed by atoms with van der Waals surface area (Å²) in [7, 11) is 1.87. The Morgan fingerprint density at radius 2 is 1.84 bits per heavy atom. The van der Waals surface area contributed by atoms with Gasteiger partial charge in [0.15, 0.2) is 5.96 Å². The van der Waals surface area contributed by atoms with Crippen LogP contribution in [-0.4, -0.2) is 84.6 Å². The lowest BCUT2D eigenvalue weighted by Gasteiger charge is -2.36. The first-order valence-corrected chi connectivity index (χ1v) is 11.9. The molecule has 2 aliphatic heterocycles. The van der Waals surface area contributed by atoms with Gasteiger partial charge in [0.25, 0.3) is 0 Å². The number of guanidine groups is 1. The molecule has 8 nitrogen and oxygen atoms in total. The van der Waals surface area contributed by atoms with E-state index in [9.17, 15) is 0 Å². The first kappa shape index (κ1) is 22.0. The van der Waals surface area contributed by atoms with Crippen molar-refractivity contribution in [3.05, 3.63) is 41.2 Å². The zero-order chi connectivity index (χ0) is 21.5. The van der Waals surface area contributed by atoms with Gasteiger partial charge >= 0.3 is 0 Å². The van der Waals surface area contributed by atoms with Gasteiger partial charge in [-0.3, -0.25) is 9.89 Å². The first-order valence-electron chi connectivity index (χ1n) is 11.2. The summed E-state index contributed by atoms with van der Waals surface area (Å²) in [6.07, 6.45) is 0.889. The van der Waals surface area contributed by atoms with Crippen molar-refractivity contribution in [3.63, 3.8) is 0 Å². The molecule has 0 saturated carbocycles. The van der Waals surface area contributed by atoms with Gasteiger partial charge in [-0.25, -0.2) is 4.98 Å². The third-order valence-electron chi connectivity index (χ3n) is 5.89. The number of nitrogens with zero attached hydrogens (tertiary/aromatic N) is 6. The summed E-state index contributed by atoms with van der Waals surface area (Å²) in [5, 5.41) is 4.63. The number of aryl methyl sites for hydroxylation is 1. The highest BCUT2D eigenvalue weighted by molar-refractivity contribution is 7.09. The topological polar surface area (TPSA) is 69.1 Å². The molecule has 0 aliphatic carbocycles. The van der Waals surface area contributed by atoms with Crippen LogP contribution in [0.5, 0.6) is 0 Å². The van der Waals surface area contributed by atoms with Crippen molar-refractivity contribution in [2.75, 3.05) is 64.4 Å². The molecule has 1 aromatic heterocycles. The highest BCUT2D eigenvalue weighted by Crippen LogP contribution is 2.19. The Morgan fingerprint density at radius 1 is 1.10 bits per heavy atom. The molecule has 3 heterocycles. The SMILES string of the molecule is CCc1nsc(N2CCN(C(=NC)NCc3ccccc3CN3CCOCC3)CC2)n1. The molecular weight excluding hydrogens is 410 g/mol. The number of anilines is 1. The molecule has 168 valence electrons. The maximum atomic E-state index is 5.49. The lowest BCUT2D eigenvalue weighted by atomic mass is 10.1. The minimum atomic E-state index is 0.781. The molecule has 1 aromatic carbocycles. The van der Waals surface area contributed by atoms with E-state index in [1.54, 1.807) is 0 Å². The number of aromatic nitrogens is 2. The Hall–Kier alpha value is -2.23. The zero-order valence-electron chi connectivity index (χ0n) is 18.6. The number of hydrogen-bond acceptors (Lipinski definition) is 7. The Labute approximate surface area is 189 Å². The monoisotopic (exact) mass is 443 g/mol. The molecule has 2 saturated heterocycles. The molecule has 0 spiro atoms. The van der Waals surface area contributed by atoms with Crippen molar-refractivity contribution >= 4 is 22.6 Å². The van der Waals surface area contributed by atoms with Gasteiger partial charge in [-0.2, -0.15) is 4.37 Å². The molecule has 4 rings (SSSR count). The van der Waals surface area contributed by atoms with Crippen LogP contribution in [0.3, 0.4) is 0 Å². The van der Waals surface area contributed by atoms with E-state index in [0.29, 0.717) is 0 Å². The van der Waals surface area contributed by atoms with E-state index in [1.807, 2.05) is 7.05 Å². The van der Waals surface area contributed by atoms with Crippen LogP contribution in [0.1, 0.15) is 23.9 Å². The minimum absolute atomic E-state index is 0.781. The summed E-state index contributed by atoms with van der Waals surface area (Å²) in [5.41, 5.74) is 2.70. The molecule has 0 unspecified atom stereocenters. The van der Waals surface area contributed by atoms with Crippen LogP contribution in [0.25, 0.3) is 0 Å². The summed E-state index contributed by atoms with van der Waals surface area (Å²) in [6.45, 7) is 11.2. The van der Waals surface area contributed by atoms with Gasteiger partial charge in [0, 0.05) is 77.4 Å². The maximum absolute atomic E-state index is 5.49. The second-order valence-electron chi connectivity index (χ2n) is 7.88. The van der Waals surface area contributed by atoms with E-state index in [1.165, 1.54) is 22.7 Å². The van der Waals surface area contributed by atoms with Crippen LogP contribution in [0.4, 0.5) is 5.13 Å². The average molecular weight is 444 g/mol. The van der Waals surface area contributed by atoms with Gasteiger partial charge in [-0.1, -0.05) is 31.2 Å². The van der Waals surface area contributed by atoms with Crippen molar-refractivity contribution in [2.24, 2.45) is 4.99 Å². The molecular formula is C22H33N7OS. The summed E-state index contributed by atoms with van der Waals surface area (Å²) in [4.78, 5) is 16.3. The predicted octanol–water partition coefficient (Wildman–Crippen LogP) is 1.83. The third kappa shape index (κ3) is 5.72. The second kappa shape index (κ2) is 10.9. The molecule has 9 heteroatoms. The van der Waals surface area contributed by atoms with E-state index in [-0.39, 0.29) is 0 Å². The highest BCUT2D eigenvalue weighted by atomic mass is 32.1. The van der Waals surface area contributed by atoms with Gasteiger partial charge in [0.1, 0.15) is 5.82 Å². The van der Waals surface area contributed by atoms with Gasteiger partial charge < -0.3 is 19.9 Å². The number of hydrogen-bond donors (Lipinski definition) is 1. The van der Waals surface area contributed by atoms with Crippen molar-refractivity contribution in [2.45, 2.75) is 26.4 Å². The Bertz CT molecular complexity index is 857. The van der Waals surface area contributed by atoms with Crippen LogP contribution in [0, 0.1) is 0 Å². The minimum Gasteiger partial charge on any atom is -0.379 e. The van der Waals surface area contributed by atoms with Crippen molar-refractivity contribution < 1.29 is 4.74 Å². The normalized spacial score (nSPS) is 18.5. The molecule has 0 amide bonds. The number of morpholine rings is 1. The van der Waals surface area contributed by atoms with Gasteiger partial charge in [-0.15, -0.1) is 0 Å². The molecule has 31 heavy (non-hydrogen) atoms. The van der Waals surface area contributed by atoms with E-state index >= 15 is 0 Å². The summed E-state index contributed by atoms with van der Waals surface area (Å²) in [5.74, 6) is 1.91. The van der Waals surface area contributed by atoms with Crippen molar-refractivity contribution in [1.82, 2.24) is 24.5 Å². The van der Waals surface area contributed by atoms with Crippen LogP contribution in [0.2, 0.25) is 0 Å². The molecule has 2 aliphatic rings. The Kier molecular flexibility index (Phi) is 7.71. The number of piperazine rings is 1. The number of rotatable bonds is 6.